The number of nitrogens with zero attached hydrogens (tertiary/aromatic N) is 1. The standard InChI is InChI=1S/C18H29N2O5P/c1-7-23-26(22,24-8-2)16(19-6)15(14-12-10-9-11-13-14)20-17(21)25-18(3,4)5/h9-13,15-16H,6-8H2,1-5H3,(H,20,21). The minimum atomic E-state index is -3.66. The molecule has 0 spiro atoms. The van der Waals surface area contributed by atoms with Crippen LogP contribution in [0.3, 0.4) is 0 Å². The largest absolute Gasteiger partial charge is 0.444 e. The molecule has 146 valence electrons. The molecule has 0 aliphatic rings. The summed E-state index contributed by atoms with van der Waals surface area (Å²) in [5.41, 5.74) is 0.0155. The highest BCUT2D eigenvalue weighted by molar-refractivity contribution is 7.54. The minimum Gasteiger partial charge on any atom is -0.444 e. The van der Waals surface area contributed by atoms with Crippen molar-refractivity contribution in [3.8, 4) is 0 Å². The Kier molecular flexibility index (Phi) is 8.47. The molecule has 7 nitrogen and oxygen atoms in total. The lowest BCUT2D eigenvalue weighted by Crippen LogP contribution is -2.39. The maximum Gasteiger partial charge on any atom is 0.408 e. The molecule has 1 N–H and O–H groups in total. The number of amides is 1. The van der Waals surface area contributed by atoms with Gasteiger partial charge in [0.1, 0.15) is 5.60 Å². The second-order valence-corrected chi connectivity index (χ2v) is 8.63. The second kappa shape index (κ2) is 9.86. The Morgan fingerprint density at radius 2 is 1.73 bits per heavy atom. The number of nitrogens with one attached hydrogen (secondary N) is 1. The minimum absolute atomic E-state index is 0.178. The Labute approximate surface area is 155 Å². The lowest BCUT2D eigenvalue weighted by molar-refractivity contribution is 0.0500. The van der Waals surface area contributed by atoms with E-state index >= 15 is 0 Å². The molecule has 0 aliphatic carbocycles. The van der Waals surface area contributed by atoms with Gasteiger partial charge < -0.3 is 19.1 Å². The van der Waals surface area contributed by atoms with Crippen LogP contribution in [-0.2, 0) is 18.3 Å². The van der Waals surface area contributed by atoms with Crippen LogP contribution >= 0.6 is 7.60 Å². The summed E-state index contributed by atoms with van der Waals surface area (Å²) < 4.78 is 29.4. The van der Waals surface area contributed by atoms with Gasteiger partial charge in [-0.05, 0) is 46.9 Å². The first-order chi connectivity index (χ1) is 12.2. The van der Waals surface area contributed by atoms with Crippen molar-refractivity contribution in [3.05, 3.63) is 35.9 Å². The van der Waals surface area contributed by atoms with Crippen LogP contribution in [0.2, 0.25) is 0 Å². The van der Waals surface area contributed by atoms with Crippen LogP contribution in [0.15, 0.2) is 35.3 Å². The number of carbonyl (C=O) groups is 1. The van der Waals surface area contributed by atoms with Gasteiger partial charge in [-0.2, -0.15) is 0 Å². The van der Waals surface area contributed by atoms with E-state index in [-0.39, 0.29) is 13.2 Å². The van der Waals surface area contributed by atoms with Gasteiger partial charge in [0.05, 0.1) is 19.3 Å². The molecule has 1 amide bonds. The van der Waals surface area contributed by atoms with Gasteiger partial charge in [0, 0.05) is 0 Å². The van der Waals surface area contributed by atoms with Crippen LogP contribution < -0.4 is 5.32 Å². The van der Waals surface area contributed by atoms with Gasteiger partial charge in [0.25, 0.3) is 0 Å². The third-order valence-corrected chi connectivity index (χ3v) is 5.60. The van der Waals surface area contributed by atoms with Crippen molar-refractivity contribution in [3.63, 3.8) is 0 Å². The Balaban J connectivity index is 3.26. The molecule has 0 saturated carbocycles. The second-order valence-electron chi connectivity index (χ2n) is 6.51. The highest BCUT2D eigenvalue weighted by atomic mass is 31.2. The molecule has 26 heavy (non-hydrogen) atoms. The normalized spacial score (nSPS) is 14.3. The molecule has 0 heterocycles. The zero-order valence-electron chi connectivity index (χ0n) is 16.1. The van der Waals surface area contributed by atoms with E-state index in [2.05, 4.69) is 17.0 Å². The van der Waals surface area contributed by atoms with E-state index in [0.29, 0.717) is 5.56 Å². The van der Waals surface area contributed by atoms with Crippen LogP contribution in [0, 0.1) is 0 Å². The van der Waals surface area contributed by atoms with Gasteiger partial charge >= 0.3 is 13.7 Å². The number of rotatable bonds is 9. The average molecular weight is 384 g/mol. The van der Waals surface area contributed by atoms with E-state index in [4.69, 9.17) is 13.8 Å². The van der Waals surface area contributed by atoms with Gasteiger partial charge in [0.15, 0.2) is 5.78 Å². The van der Waals surface area contributed by atoms with Crippen molar-refractivity contribution < 1.29 is 23.1 Å². The summed E-state index contributed by atoms with van der Waals surface area (Å²) in [6, 6.07) is 8.27. The van der Waals surface area contributed by atoms with E-state index in [9.17, 15) is 9.36 Å². The van der Waals surface area contributed by atoms with Crippen molar-refractivity contribution in [2.24, 2.45) is 4.99 Å². The van der Waals surface area contributed by atoms with Crippen molar-refractivity contribution in [1.29, 1.82) is 0 Å². The van der Waals surface area contributed by atoms with Crippen molar-refractivity contribution in [1.82, 2.24) is 5.32 Å². The van der Waals surface area contributed by atoms with Gasteiger partial charge in [-0.1, -0.05) is 30.3 Å². The lowest BCUT2D eigenvalue weighted by Gasteiger charge is -2.31. The summed E-state index contributed by atoms with van der Waals surface area (Å²) in [7, 11) is -3.66. The number of carbonyl (C=O) groups excluding carboxylic acids is 1. The fraction of sp³-hybridized carbons (Fsp3) is 0.556. The summed E-state index contributed by atoms with van der Waals surface area (Å²) in [6.07, 6.45) is -0.653. The van der Waals surface area contributed by atoms with E-state index in [1.54, 1.807) is 46.8 Å². The van der Waals surface area contributed by atoms with Crippen molar-refractivity contribution in [2.45, 2.75) is 52.0 Å². The monoisotopic (exact) mass is 384 g/mol. The van der Waals surface area contributed by atoms with E-state index < -0.39 is 31.1 Å². The number of alkyl carbamates (subject to hydrolysis) is 1. The molecule has 0 aromatic heterocycles. The lowest BCUT2D eigenvalue weighted by atomic mass is 10.1. The Morgan fingerprint density at radius 1 is 1.19 bits per heavy atom. The molecule has 8 heteroatoms. The zero-order chi connectivity index (χ0) is 19.8. The summed E-state index contributed by atoms with van der Waals surface area (Å²) in [5, 5.41) is 2.74. The topological polar surface area (TPSA) is 86.2 Å². The molecule has 0 fully saturated rings. The fourth-order valence-electron chi connectivity index (χ4n) is 2.36. The molecular formula is C18H29N2O5P. The first kappa shape index (κ1) is 22.4. The Bertz CT molecular complexity index is 620. The van der Waals surface area contributed by atoms with Crippen LogP contribution in [-0.4, -0.2) is 37.4 Å². The predicted octanol–water partition coefficient (Wildman–Crippen LogP) is 4.55. The number of hydrogen-bond donors (Lipinski definition) is 1. The Hall–Kier alpha value is -1.69. The molecule has 2 atom stereocenters. The van der Waals surface area contributed by atoms with Crippen LogP contribution in [0.1, 0.15) is 46.2 Å². The smallest absolute Gasteiger partial charge is 0.408 e. The summed E-state index contributed by atoms with van der Waals surface area (Å²) in [4.78, 5) is 16.3. The number of aliphatic imine (C=N–C) groups is 1. The quantitative estimate of drug-likeness (QED) is 0.499. The van der Waals surface area contributed by atoms with E-state index in [1.807, 2.05) is 18.2 Å². The maximum absolute atomic E-state index is 13.3. The molecule has 1 aromatic rings. The molecule has 0 bridgehead atoms. The van der Waals surface area contributed by atoms with Gasteiger partial charge in [-0.25, -0.2) is 4.79 Å². The molecule has 1 aromatic carbocycles. The third-order valence-electron chi connectivity index (χ3n) is 3.26. The first-order valence-electron chi connectivity index (χ1n) is 8.56. The van der Waals surface area contributed by atoms with Crippen LogP contribution in [0.25, 0.3) is 0 Å². The number of hydrogen-bond acceptors (Lipinski definition) is 6. The average Bonchev–Trinajstić information content (AvgIpc) is 2.54. The number of ether oxygens (including phenoxy) is 1. The molecule has 2 unspecified atom stereocenters. The predicted molar refractivity (Wildman–Crippen MR) is 103 cm³/mol. The van der Waals surface area contributed by atoms with Gasteiger partial charge in [-0.3, -0.25) is 9.56 Å². The fourth-order valence-corrected chi connectivity index (χ4v) is 4.27. The SMILES string of the molecule is C=NC(C(NC(=O)OC(C)(C)C)c1ccccc1)P(=O)(OCC)OCC. The molecule has 0 aliphatic heterocycles. The van der Waals surface area contributed by atoms with Crippen molar-refractivity contribution >= 4 is 20.4 Å². The summed E-state index contributed by atoms with van der Waals surface area (Å²) in [5.74, 6) is -1.02. The first-order valence-corrected chi connectivity index (χ1v) is 10.2. The van der Waals surface area contributed by atoms with Crippen LogP contribution in [0.4, 0.5) is 4.79 Å². The van der Waals surface area contributed by atoms with E-state index in [0.717, 1.165) is 0 Å². The maximum atomic E-state index is 13.3. The highest BCUT2D eigenvalue weighted by Crippen LogP contribution is 2.57. The summed E-state index contributed by atoms with van der Waals surface area (Å²) in [6.45, 7) is 12.6. The van der Waals surface area contributed by atoms with E-state index in [1.165, 1.54) is 0 Å². The third kappa shape index (κ3) is 6.56. The van der Waals surface area contributed by atoms with Crippen molar-refractivity contribution in [2.75, 3.05) is 13.2 Å². The van der Waals surface area contributed by atoms with Gasteiger partial charge in [0.2, 0.25) is 0 Å². The zero-order valence-corrected chi connectivity index (χ0v) is 17.0. The number of benzene rings is 1. The van der Waals surface area contributed by atoms with Crippen LogP contribution in [0.5, 0.6) is 0 Å². The molecule has 0 saturated heterocycles. The Morgan fingerprint density at radius 3 is 2.15 bits per heavy atom. The molecule has 1 rings (SSSR count). The van der Waals surface area contributed by atoms with Gasteiger partial charge in [-0.15, -0.1) is 0 Å². The molecule has 0 radical (unpaired) electrons. The highest BCUT2D eigenvalue weighted by Gasteiger charge is 2.42. The summed E-state index contributed by atoms with van der Waals surface area (Å²) >= 11 is 0. The molecular weight excluding hydrogens is 355 g/mol.